The standard InChI is InChI=1S/C59H43NO/c1-58(2)51-23-10-7-18-47(51)49-22-13-21-45(57(49)58)39-29-33-42(34-30-39)60(41-31-27-38(28-32-41)44-20-14-26-55-56(44)50-19-9-12-25-54(50)61-55)43-35-36-48-46-17-8-11-24-52(46)59(3,53(48)37-43)40-15-5-4-6-16-40/h4-37H,1-3H3. The fourth-order valence-corrected chi connectivity index (χ4v) is 10.8. The third-order valence-corrected chi connectivity index (χ3v) is 13.8. The van der Waals surface area contributed by atoms with Crippen LogP contribution in [0.2, 0.25) is 0 Å². The zero-order valence-corrected chi connectivity index (χ0v) is 34.5. The van der Waals surface area contributed by atoms with Crippen molar-refractivity contribution in [2.45, 2.75) is 31.6 Å². The zero-order valence-electron chi connectivity index (χ0n) is 34.5. The van der Waals surface area contributed by atoms with Crippen LogP contribution in [0.3, 0.4) is 0 Å². The summed E-state index contributed by atoms with van der Waals surface area (Å²) in [5.74, 6) is 0. The fourth-order valence-electron chi connectivity index (χ4n) is 10.8. The Balaban J connectivity index is 1.01. The van der Waals surface area contributed by atoms with E-state index >= 15 is 0 Å². The molecule has 0 saturated carbocycles. The maximum absolute atomic E-state index is 6.29. The van der Waals surface area contributed by atoms with Crippen molar-refractivity contribution in [3.8, 4) is 44.5 Å². The van der Waals surface area contributed by atoms with Crippen LogP contribution >= 0.6 is 0 Å². The maximum Gasteiger partial charge on any atom is 0.136 e. The van der Waals surface area contributed by atoms with Gasteiger partial charge in [-0.2, -0.15) is 0 Å². The number of hydrogen-bond donors (Lipinski definition) is 0. The minimum Gasteiger partial charge on any atom is -0.456 e. The van der Waals surface area contributed by atoms with Gasteiger partial charge in [0.25, 0.3) is 0 Å². The summed E-state index contributed by atoms with van der Waals surface area (Å²) in [7, 11) is 0. The number of fused-ring (bicyclic) bond motifs is 9. The van der Waals surface area contributed by atoms with E-state index in [0.717, 1.165) is 44.6 Å². The third kappa shape index (κ3) is 5.22. The first-order chi connectivity index (χ1) is 29.9. The lowest BCUT2D eigenvalue weighted by Crippen LogP contribution is -2.22. The van der Waals surface area contributed by atoms with E-state index in [1.54, 1.807) is 0 Å². The Bertz CT molecular complexity index is 3340. The fraction of sp³-hybridized carbons (Fsp3) is 0.0847. The average Bonchev–Trinajstić information content (AvgIpc) is 3.91. The number of nitrogens with zero attached hydrogens (tertiary/aromatic N) is 1. The van der Waals surface area contributed by atoms with Crippen LogP contribution in [0.25, 0.3) is 66.4 Å². The van der Waals surface area contributed by atoms with Crippen molar-refractivity contribution in [1.82, 2.24) is 0 Å². The molecule has 0 bridgehead atoms. The van der Waals surface area contributed by atoms with Crippen molar-refractivity contribution in [2.24, 2.45) is 0 Å². The zero-order chi connectivity index (χ0) is 40.9. The van der Waals surface area contributed by atoms with E-state index in [4.69, 9.17) is 4.42 Å². The second kappa shape index (κ2) is 13.3. The van der Waals surface area contributed by atoms with Crippen molar-refractivity contribution >= 4 is 39.0 Å². The molecule has 0 amide bonds. The molecule has 0 radical (unpaired) electrons. The summed E-state index contributed by atoms with van der Waals surface area (Å²) >= 11 is 0. The minimum atomic E-state index is -0.313. The highest BCUT2D eigenvalue weighted by Crippen LogP contribution is 2.55. The Hall–Kier alpha value is -7.42. The van der Waals surface area contributed by atoms with Gasteiger partial charge in [-0.3, -0.25) is 0 Å². The van der Waals surface area contributed by atoms with Crippen LogP contribution in [0.1, 0.15) is 48.6 Å². The number of benzene rings is 9. The molecule has 2 nitrogen and oxygen atoms in total. The van der Waals surface area contributed by atoms with Crippen LogP contribution in [0, 0.1) is 0 Å². The summed E-state index contributed by atoms with van der Waals surface area (Å²) < 4.78 is 6.29. The van der Waals surface area contributed by atoms with Gasteiger partial charge in [0.1, 0.15) is 11.2 Å². The largest absolute Gasteiger partial charge is 0.456 e. The Morgan fingerprint density at radius 3 is 1.66 bits per heavy atom. The van der Waals surface area contributed by atoms with E-state index in [1.165, 1.54) is 66.8 Å². The first-order valence-electron chi connectivity index (χ1n) is 21.3. The molecule has 0 aliphatic heterocycles. The second-order valence-electron chi connectivity index (χ2n) is 17.4. The van der Waals surface area contributed by atoms with Crippen LogP contribution < -0.4 is 4.90 Å². The lowest BCUT2D eigenvalue weighted by Gasteiger charge is -2.31. The Labute approximate surface area is 357 Å². The number of anilines is 3. The molecule has 1 heterocycles. The van der Waals surface area contributed by atoms with Gasteiger partial charge in [-0.25, -0.2) is 0 Å². The summed E-state index contributed by atoms with van der Waals surface area (Å²) in [5, 5.41) is 2.28. The first kappa shape index (κ1) is 35.5. The lowest BCUT2D eigenvalue weighted by atomic mass is 9.74. The first-order valence-corrected chi connectivity index (χ1v) is 21.3. The van der Waals surface area contributed by atoms with Crippen molar-refractivity contribution < 1.29 is 4.42 Å². The summed E-state index contributed by atoms with van der Waals surface area (Å²) in [5.41, 5.74) is 21.5. The number of rotatable bonds is 6. The van der Waals surface area contributed by atoms with E-state index in [9.17, 15) is 0 Å². The van der Waals surface area contributed by atoms with E-state index in [0.29, 0.717) is 0 Å². The van der Waals surface area contributed by atoms with Gasteiger partial charge in [0.15, 0.2) is 0 Å². The molecular weight excluding hydrogens is 739 g/mol. The number of hydrogen-bond acceptors (Lipinski definition) is 2. The SMILES string of the molecule is CC1(C)c2ccccc2-c2cccc(-c3ccc(N(c4ccc(-c5cccc6oc7ccccc7c56)cc4)c4ccc5c(c4)C(C)(c4ccccc4)c4ccccc4-5)cc3)c21. The van der Waals surface area contributed by atoms with Gasteiger partial charge in [0.05, 0.1) is 0 Å². The quantitative estimate of drug-likeness (QED) is 0.167. The highest BCUT2D eigenvalue weighted by Gasteiger charge is 2.41. The van der Waals surface area contributed by atoms with Crippen molar-refractivity contribution in [3.63, 3.8) is 0 Å². The van der Waals surface area contributed by atoms with Gasteiger partial charge in [-0.05, 0) is 128 Å². The normalized spacial score (nSPS) is 15.7. The van der Waals surface area contributed by atoms with Crippen LogP contribution in [0.15, 0.2) is 211 Å². The van der Waals surface area contributed by atoms with E-state index in [1.807, 2.05) is 12.1 Å². The minimum absolute atomic E-state index is 0.102. The summed E-state index contributed by atoms with van der Waals surface area (Å²) in [4.78, 5) is 2.42. The predicted molar refractivity (Wildman–Crippen MR) is 254 cm³/mol. The topological polar surface area (TPSA) is 16.4 Å². The monoisotopic (exact) mass is 781 g/mol. The Morgan fingerprint density at radius 2 is 0.902 bits per heavy atom. The van der Waals surface area contributed by atoms with Gasteiger partial charge in [0, 0.05) is 38.7 Å². The number of furan rings is 1. The number of para-hydroxylation sites is 1. The maximum atomic E-state index is 6.29. The van der Waals surface area contributed by atoms with Crippen molar-refractivity contribution in [1.29, 1.82) is 0 Å². The predicted octanol–water partition coefficient (Wildman–Crippen LogP) is 16.0. The molecule has 12 rings (SSSR count). The van der Waals surface area contributed by atoms with Crippen LogP contribution in [0.4, 0.5) is 17.1 Å². The molecule has 0 spiro atoms. The molecule has 61 heavy (non-hydrogen) atoms. The smallest absolute Gasteiger partial charge is 0.136 e. The second-order valence-corrected chi connectivity index (χ2v) is 17.4. The molecule has 1 atom stereocenters. The molecule has 1 unspecified atom stereocenters. The van der Waals surface area contributed by atoms with Gasteiger partial charge >= 0.3 is 0 Å². The van der Waals surface area contributed by atoms with E-state index < -0.39 is 0 Å². The summed E-state index contributed by atoms with van der Waals surface area (Å²) in [6.45, 7) is 7.13. The molecular formula is C59H43NO. The highest BCUT2D eigenvalue weighted by molar-refractivity contribution is 6.12. The molecule has 0 saturated heterocycles. The lowest BCUT2D eigenvalue weighted by molar-refractivity contribution is 0.662. The van der Waals surface area contributed by atoms with Gasteiger partial charge in [-0.1, -0.05) is 172 Å². The summed E-state index contributed by atoms with van der Waals surface area (Å²) in [6, 6.07) is 75.7. The molecule has 10 aromatic rings. The molecule has 0 N–H and O–H groups in total. The van der Waals surface area contributed by atoms with Crippen molar-refractivity contribution in [2.75, 3.05) is 4.90 Å². The van der Waals surface area contributed by atoms with Crippen LogP contribution in [-0.2, 0) is 10.8 Å². The molecule has 0 fully saturated rings. The molecule has 1 aromatic heterocycles. The van der Waals surface area contributed by atoms with Crippen LogP contribution in [0.5, 0.6) is 0 Å². The van der Waals surface area contributed by atoms with E-state index in [-0.39, 0.29) is 10.8 Å². The molecule has 290 valence electrons. The van der Waals surface area contributed by atoms with Gasteiger partial charge in [-0.15, -0.1) is 0 Å². The Kier molecular flexibility index (Phi) is 7.74. The molecule has 2 heteroatoms. The highest BCUT2D eigenvalue weighted by atomic mass is 16.3. The average molecular weight is 782 g/mol. The van der Waals surface area contributed by atoms with Crippen LogP contribution in [-0.4, -0.2) is 0 Å². The van der Waals surface area contributed by atoms with E-state index in [2.05, 4.69) is 220 Å². The van der Waals surface area contributed by atoms with Gasteiger partial charge in [0.2, 0.25) is 0 Å². The third-order valence-electron chi connectivity index (χ3n) is 13.8. The summed E-state index contributed by atoms with van der Waals surface area (Å²) in [6.07, 6.45) is 0. The Morgan fingerprint density at radius 1 is 0.377 bits per heavy atom. The molecule has 2 aliphatic rings. The van der Waals surface area contributed by atoms with Crippen molar-refractivity contribution in [3.05, 3.63) is 234 Å². The molecule has 9 aromatic carbocycles. The molecule has 2 aliphatic carbocycles. The van der Waals surface area contributed by atoms with Gasteiger partial charge < -0.3 is 9.32 Å².